The van der Waals surface area contributed by atoms with E-state index >= 15 is 0 Å². The minimum atomic E-state index is -4.46. The van der Waals surface area contributed by atoms with Crippen molar-refractivity contribution < 1.29 is 13.2 Å². The smallest absolute Gasteiger partial charge is 0.272 e. The maximum Gasteiger partial charge on any atom is 0.435 e. The van der Waals surface area contributed by atoms with Crippen molar-refractivity contribution in [2.24, 2.45) is 7.05 Å². The Morgan fingerprint density at radius 3 is 2.47 bits per heavy atom. The number of aromatic nitrogens is 2. The first-order valence-electron chi connectivity index (χ1n) is 4.09. The van der Waals surface area contributed by atoms with Crippen LogP contribution in [0.5, 0.6) is 0 Å². The van der Waals surface area contributed by atoms with E-state index in [0.29, 0.717) is 5.69 Å². The standard InChI is InChI=1S/C8H9BrClF3N2/c1-4-6(5(10)3-9)7(8(11,12)13)14-15(4)2/h5H,3H2,1-2H3. The highest BCUT2D eigenvalue weighted by molar-refractivity contribution is 9.09. The fourth-order valence-electron chi connectivity index (χ4n) is 1.29. The monoisotopic (exact) mass is 304 g/mol. The Morgan fingerprint density at radius 2 is 2.07 bits per heavy atom. The first kappa shape index (κ1) is 12.8. The number of hydrogen-bond donors (Lipinski definition) is 0. The van der Waals surface area contributed by atoms with Crippen LogP contribution in [0.25, 0.3) is 0 Å². The molecule has 86 valence electrons. The molecule has 0 aromatic carbocycles. The molecule has 15 heavy (non-hydrogen) atoms. The minimum Gasteiger partial charge on any atom is -0.272 e. The molecular formula is C8H9BrClF3N2. The summed E-state index contributed by atoms with van der Waals surface area (Å²) in [5.74, 6) is 0. The molecular weight excluding hydrogens is 296 g/mol. The topological polar surface area (TPSA) is 17.8 Å². The normalized spacial score (nSPS) is 14.3. The van der Waals surface area contributed by atoms with Crippen LogP contribution in [-0.4, -0.2) is 15.1 Å². The highest BCUT2D eigenvalue weighted by atomic mass is 79.9. The average Bonchev–Trinajstić information content (AvgIpc) is 2.42. The average molecular weight is 306 g/mol. The molecule has 1 atom stereocenters. The van der Waals surface area contributed by atoms with Gasteiger partial charge in [-0.1, -0.05) is 15.9 Å². The molecule has 1 aromatic heterocycles. The van der Waals surface area contributed by atoms with Crippen LogP contribution in [-0.2, 0) is 13.2 Å². The Bertz CT molecular complexity index is 362. The summed E-state index contributed by atoms with van der Waals surface area (Å²) in [7, 11) is 1.46. The van der Waals surface area contributed by atoms with Gasteiger partial charge in [0.2, 0.25) is 0 Å². The lowest BCUT2D eigenvalue weighted by Gasteiger charge is -2.09. The zero-order chi connectivity index (χ0) is 11.8. The van der Waals surface area contributed by atoms with Crippen LogP contribution in [0, 0.1) is 6.92 Å². The minimum absolute atomic E-state index is 0.0449. The van der Waals surface area contributed by atoms with Crippen LogP contribution < -0.4 is 0 Å². The van der Waals surface area contributed by atoms with E-state index in [0.717, 1.165) is 0 Å². The first-order chi connectivity index (χ1) is 6.79. The van der Waals surface area contributed by atoms with Crippen LogP contribution in [0.4, 0.5) is 13.2 Å². The first-order valence-corrected chi connectivity index (χ1v) is 5.65. The predicted molar refractivity (Wildman–Crippen MR) is 55.3 cm³/mol. The van der Waals surface area contributed by atoms with E-state index < -0.39 is 17.2 Å². The van der Waals surface area contributed by atoms with Crippen molar-refractivity contribution in [2.75, 3.05) is 5.33 Å². The molecule has 0 saturated carbocycles. The number of hydrogen-bond acceptors (Lipinski definition) is 1. The lowest BCUT2D eigenvalue weighted by Crippen LogP contribution is -2.10. The summed E-state index contributed by atoms with van der Waals surface area (Å²) in [6, 6.07) is 0. The van der Waals surface area contributed by atoms with Gasteiger partial charge in [-0.15, -0.1) is 11.6 Å². The third kappa shape index (κ3) is 2.47. The largest absolute Gasteiger partial charge is 0.435 e. The molecule has 0 aliphatic heterocycles. The van der Waals surface area contributed by atoms with Gasteiger partial charge in [0.05, 0.1) is 5.38 Å². The number of nitrogens with zero attached hydrogens (tertiary/aromatic N) is 2. The number of rotatable bonds is 2. The summed E-state index contributed by atoms with van der Waals surface area (Å²) >= 11 is 8.88. The summed E-state index contributed by atoms with van der Waals surface area (Å²) in [6.07, 6.45) is -4.46. The number of aryl methyl sites for hydroxylation is 1. The van der Waals surface area contributed by atoms with E-state index in [9.17, 15) is 13.2 Å². The summed E-state index contributed by atoms with van der Waals surface area (Å²) in [4.78, 5) is 0. The van der Waals surface area contributed by atoms with Gasteiger partial charge in [0.15, 0.2) is 5.69 Å². The van der Waals surface area contributed by atoms with Gasteiger partial charge in [-0.05, 0) is 6.92 Å². The van der Waals surface area contributed by atoms with Crippen LogP contribution >= 0.6 is 27.5 Å². The highest BCUT2D eigenvalue weighted by Crippen LogP contribution is 2.37. The SMILES string of the molecule is Cc1c(C(Cl)CBr)c(C(F)(F)F)nn1C. The van der Waals surface area contributed by atoms with Gasteiger partial charge in [0.25, 0.3) is 0 Å². The molecule has 0 aliphatic carbocycles. The van der Waals surface area contributed by atoms with E-state index in [1.54, 1.807) is 6.92 Å². The maximum absolute atomic E-state index is 12.6. The number of alkyl halides is 5. The zero-order valence-corrected chi connectivity index (χ0v) is 10.4. The maximum atomic E-state index is 12.6. The van der Waals surface area contributed by atoms with Crippen molar-refractivity contribution in [2.45, 2.75) is 18.5 Å². The Kier molecular flexibility index (Phi) is 3.71. The van der Waals surface area contributed by atoms with Crippen molar-refractivity contribution in [1.82, 2.24) is 9.78 Å². The fourth-order valence-corrected chi connectivity index (χ4v) is 1.87. The Morgan fingerprint density at radius 1 is 1.53 bits per heavy atom. The second-order valence-corrected chi connectivity index (χ2v) is 4.27. The molecule has 2 nitrogen and oxygen atoms in total. The van der Waals surface area contributed by atoms with Crippen molar-refractivity contribution in [1.29, 1.82) is 0 Å². The summed E-state index contributed by atoms with van der Waals surface area (Å²) < 4.78 is 39.0. The van der Waals surface area contributed by atoms with Gasteiger partial charge < -0.3 is 0 Å². The van der Waals surface area contributed by atoms with Gasteiger partial charge >= 0.3 is 6.18 Å². The number of halogens is 5. The fraction of sp³-hybridized carbons (Fsp3) is 0.625. The van der Waals surface area contributed by atoms with Crippen molar-refractivity contribution in [3.63, 3.8) is 0 Å². The molecule has 0 radical (unpaired) electrons. The lowest BCUT2D eigenvalue weighted by molar-refractivity contribution is -0.142. The molecule has 0 N–H and O–H groups in total. The zero-order valence-electron chi connectivity index (χ0n) is 8.07. The third-order valence-electron chi connectivity index (χ3n) is 2.10. The van der Waals surface area contributed by atoms with Gasteiger partial charge in [0.1, 0.15) is 0 Å². The second-order valence-electron chi connectivity index (χ2n) is 3.09. The summed E-state index contributed by atoms with van der Waals surface area (Å²) in [5.41, 5.74) is -0.424. The Labute approximate surface area is 98.5 Å². The van der Waals surface area contributed by atoms with E-state index in [-0.39, 0.29) is 10.9 Å². The van der Waals surface area contributed by atoms with Crippen molar-refractivity contribution in [3.8, 4) is 0 Å². The second kappa shape index (κ2) is 4.33. The van der Waals surface area contributed by atoms with Gasteiger partial charge in [0, 0.05) is 23.6 Å². The lowest BCUT2D eigenvalue weighted by atomic mass is 10.1. The van der Waals surface area contributed by atoms with Crippen LogP contribution in [0.3, 0.4) is 0 Å². The van der Waals surface area contributed by atoms with E-state index in [1.807, 2.05) is 0 Å². The van der Waals surface area contributed by atoms with Gasteiger partial charge in [-0.2, -0.15) is 18.3 Å². The molecule has 0 spiro atoms. The van der Waals surface area contributed by atoms with E-state index in [2.05, 4.69) is 21.0 Å². The third-order valence-corrected chi connectivity index (χ3v) is 3.49. The molecule has 1 aromatic rings. The Hall–Kier alpha value is -0.230. The molecule has 0 fully saturated rings. The molecule has 1 heterocycles. The Balaban J connectivity index is 3.34. The molecule has 0 amide bonds. The van der Waals surface area contributed by atoms with E-state index in [1.165, 1.54) is 11.7 Å². The van der Waals surface area contributed by atoms with E-state index in [4.69, 9.17) is 11.6 Å². The molecule has 0 aliphatic rings. The predicted octanol–water partition coefficient (Wildman–Crippen LogP) is 3.42. The van der Waals surface area contributed by atoms with Gasteiger partial charge in [-0.25, -0.2) is 0 Å². The summed E-state index contributed by atoms with van der Waals surface area (Å²) in [6.45, 7) is 1.57. The molecule has 1 unspecified atom stereocenters. The summed E-state index contributed by atoms with van der Waals surface area (Å²) in [5, 5.41) is 2.96. The van der Waals surface area contributed by atoms with Crippen molar-refractivity contribution in [3.05, 3.63) is 17.0 Å². The van der Waals surface area contributed by atoms with Crippen LogP contribution in [0.15, 0.2) is 0 Å². The highest BCUT2D eigenvalue weighted by Gasteiger charge is 2.39. The molecule has 0 bridgehead atoms. The van der Waals surface area contributed by atoms with Crippen molar-refractivity contribution >= 4 is 27.5 Å². The van der Waals surface area contributed by atoms with Crippen LogP contribution in [0.1, 0.15) is 22.3 Å². The van der Waals surface area contributed by atoms with Gasteiger partial charge in [-0.3, -0.25) is 4.68 Å². The molecule has 7 heteroatoms. The quantitative estimate of drug-likeness (QED) is 0.766. The van der Waals surface area contributed by atoms with Crippen LogP contribution in [0.2, 0.25) is 0 Å². The molecule has 1 rings (SSSR count). The molecule has 0 saturated heterocycles.